The number of carbonyl (C=O) groups excluding carboxylic acids is 1. The van der Waals surface area contributed by atoms with Crippen molar-refractivity contribution in [2.24, 2.45) is 0 Å². The van der Waals surface area contributed by atoms with E-state index in [1.807, 2.05) is 18.2 Å². The Morgan fingerprint density at radius 3 is 2.60 bits per heavy atom. The van der Waals surface area contributed by atoms with Crippen LogP contribution in [-0.2, 0) is 16.0 Å². The standard InChI is InChI=1S/C12H14O3/c1-3-4-10-5-7-11(8-6-10)15-12(13)9-14-2/h3,5-8H,1,4,9H2,2H3. The Kier molecular flexibility index (Phi) is 4.57. The highest BCUT2D eigenvalue weighted by Gasteiger charge is 2.03. The van der Waals surface area contributed by atoms with E-state index in [1.54, 1.807) is 12.1 Å². The molecule has 0 aliphatic rings. The van der Waals surface area contributed by atoms with Crippen LogP contribution in [-0.4, -0.2) is 19.7 Å². The summed E-state index contributed by atoms with van der Waals surface area (Å²) >= 11 is 0. The molecule has 0 fully saturated rings. The van der Waals surface area contributed by atoms with E-state index < -0.39 is 5.97 Å². The lowest BCUT2D eigenvalue weighted by Crippen LogP contribution is -2.14. The maximum absolute atomic E-state index is 11.1. The molecule has 3 nitrogen and oxygen atoms in total. The first kappa shape index (κ1) is 11.5. The van der Waals surface area contributed by atoms with E-state index in [9.17, 15) is 4.79 Å². The van der Waals surface area contributed by atoms with Gasteiger partial charge in [-0.2, -0.15) is 0 Å². The van der Waals surface area contributed by atoms with Gasteiger partial charge in [0.15, 0.2) is 0 Å². The largest absolute Gasteiger partial charge is 0.425 e. The van der Waals surface area contributed by atoms with Crippen LogP contribution in [0.15, 0.2) is 36.9 Å². The highest BCUT2D eigenvalue weighted by atomic mass is 16.6. The lowest BCUT2D eigenvalue weighted by Gasteiger charge is -2.03. The number of allylic oxidation sites excluding steroid dienone is 1. The minimum Gasteiger partial charge on any atom is -0.425 e. The van der Waals surface area contributed by atoms with Gasteiger partial charge in [-0.1, -0.05) is 18.2 Å². The fourth-order valence-electron chi connectivity index (χ4n) is 1.14. The summed E-state index contributed by atoms with van der Waals surface area (Å²) in [7, 11) is 1.45. The third-order valence-electron chi connectivity index (χ3n) is 1.80. The molecule has 15 heavy (non-hydrogen) atoms. The summed E-state index contributed by atoms with van der Waals surface area (Å²) in [5.74, 6) is 0.138. The maximum atomic E-state index is 11.1. The van der Waals surface area contributed by atoms with Gasteiger partial charge in [-0.05, 0) is 24.1 Å². The normalized spacial score (nSPS) is 9.67. The average Bonchev–Trinajstić information content (AvgIpc) is 2.22. The van der Waals surface area contributed by atoms with Gasteiger partial charge in [0.2, 0.25) is 0 Å². The Labute approximate surface area is 89.3 Å². The van der Waals surface area contributed by atoms with Crippen molar-refractivity contribution in [3.05, 3.63) is 42.5 Å². The second kappa shape index (κ2) is 5.98. The molecular formula is C12H14O3. The number of hydrogen-bond acceptors (Lipinski definition) is 3. The SMILES string of the molecule is C=CCc1ccc(OC(=O)COC)cc1. The minimum absolute atomic E-state index is 0.0333. The molecule has 0 atom stereocenters. The van der Waals surface area contributed by atoms with Crippen molar-refractivity contribution in [2.45, 2.75) is 6.42 Å². The first-order chi connectivity index (χ1) is 7.26. The Morgan fingerprint density at radius 1 is 1.40 bits per heavy atom. The van der Waals surface area contributed by atoms with E-state index in [0.29, 0.717) is 5.75 Å². The maximum Gasteiger partial charge on any atom is 0.337 e. The zero-order valence-electron chi connectivity index (χ0n) is 8.73. The van der Waals surface area contributed by atoms with Crippen LogP contribution in [0, 0.1) is 0 Å². The molecule has 0 aliphatic carbocycles. The van der Waals surface area contributed by atoms with Gasteiger partial charge in [0.1, 0.15) is 12.4 Å². The monoisotopic (exact) mass is 206 g/mol. The second-order valence-electron chi connectivity index (χ2n) is 3.04. The van der Waals surface area contributed by atoms with E-state index in [-0.39, 0.29) is 6.61 Å². The molecule has 0 saturated heterocycles. The molecular weight excluding hydrogens is 192 g/mol. The molecule has 0 bridgehead atoms. The number of ether oxygens (including phenoxy) is 2. The summed E-state index contributed by atoms with van der Waals surface area (Å²) in [6.45, 7) is 3.62. The summed E-state index contributed by atoms with van der Waals surface area (Å²) in [6.07, 6.45) is 2.64. The van der Waals surface area contributed by atoms with Crippen molar-refractivity contribution in [3.8, 4) is 5.75 Å². The van der Waals surface area contributed by atoms with Crippen LogP contribution in [0.5, 0.6) is 5.75 Å². The summed E-state index contributed by atoms with van der Waals surface area (Å²) in [5.41, 5.74) is 1.14. The smallest absolute Gasteiger partial charge is 0.337 e. The van der Waals surface area contributed by atoms with Gasteiger partial charge in [-0.3, -0.25) is 0 Å². The van der Waals surface area contributed by atoms with Gasteiger partial charge in [0, 0.05) is 7.11 Å². The third-order valence-corrected chi connectivity index (χ3v) is 1.80. The summed E-state index contributed by atoms with van der Waals surface area (Å²) in [4.78, 5) is 11.1. The number of methoxy groups -OCH3 is 1. The quantitative estimate of drug-likeness (QED) is 0.420. The van der Waals surface area contributed by atoms with Crippen molar-refractivity contribution in [1.82, 2.24) is 0 Å². The summed E-state index contributed by atoms with van der Waals surface area (Å²) < 4.78 is 9.65. The van der Waals surface area contributed by atoms with Crippen molar-refractivity contribution in [1.29, 1.82) is 0 Å². The van der Waals surface area contributed by atoms with Crippen LogP contribution in [0.1, 0.15) is 5.56 Å². The number of carbonyl (C=O) groups is 1. The highest BCUT2D eigenvalue weighted by molar-refractivity contribution is 5.73. The molecule has 0 spiro atoms. The molecule has 0 aromatic heterocycles. The Morgan fingerprint density at radius 2 is 2.07 bits per heavy atom. The lowest BCUT2D eigenvalue weighted by molar-refractivity contribution is -0.138. The topological polar surface area (TPSA) is 35.5 Å². The van der Waals surface area contributed by atoms with Gasteiger partial charge in [-0.25, -0.2) is 4.79 Å². The number of hydrogen-bond donors (Lipinski definition) is 0. The zero-order chi connectivity index (χ0) is 11.1. The van der Waals surface area contributed by atoms with Gasteiger partial charge in [0.25, 0.3) is 0 Å². The van der Waals surface area contributed by atoms with Gasteiger partial charge in [-0.15, -0.1) is 6.58 Å². The van der Waals surface area contributed by atoms with Crippen LogP contribution < -0.4 is 4.74 Å². The van der Waals surface area contributed by atoms with Crippen LogP contribution in [0.3, 0.4) is 0 Å². The van der Waals surface area contributed by atoms with E-state index in [4.69, 9.17) is 4.74 Å². The lowest BCUT2D eigenvalue weighted by atomic mass is 10.1. The van der Waals surface area contributed by atoms with Crippen LogP contribution in [0.25, 0.3) is 0 Å². The Bertz CT molecular complexity index is 327. The fraction of sp³-hybridized carbons (Fsp3) is 0.250. The molecule has 0 radical (unpaired) electrons. The van der Waals surface area contributed by atoms with Crippen LogP contribution in [0.2, 0.25) is 0 Å². The molecule has 0 N–H and O–H groups in total. The Hall–Kier alpha value is -1.61. The molecule has 80 valence electrons. The number of esters is 1. The van der Waals surface area contributed by atoms with Gasteiger partial charge in [0.05, 0.1) is 0 Å². The van der Waals surface area contributed by atoms with Crippen molar-refractivity contribution in [3.63, 3.8) is 0 Å². The fourth-order valence-corrected chi connectivity index (χ4v) is 1.14. The predicted molar refractivity (Wildman–Crippen MR) is 57.9 cm³/mol. The molecule has 3 heteroatoms. The first-order valence-corrected chi connectivity index (χ1v) is 4.65. The Balaban J connectivity index is 2.56. The van der Waals surface area contributed by atoms with Gasteiger partial charge < -0.3 is 9.47 Å². The average molecular weight is 206 g/mol. The molecule has 0 saturated carbocycles. The molecule has 1 aromatic carbocycles. The first-order valence-electron chi connectivity index (χ1n) is 4.65. The number of rotatable bonds is 5. The highest BCUT2D eigenvalue weighted by Crippen LogP contribution is 2.12. The summed E-state index contributed by atoms with van der Waals surface area (Å²) in [5, 5.41) is 0. The van der Waals surface area contributed by atoms with E-state index in [2.05, 4.69) is 11.3 Å². The zero-order valence-corrected chi connectivity index (χ0v) is 8.73. The van der Waals surface area contributed by atoms with Crippen LogP contribution >= 0.6 is 0 Å². The predicted octanol–water partition coefficient (Wildman–Crippen LogP) is 1.97. The van der Waals surface area contributed by atoms with Gasteiger partial charge >= 0.3 is 5.97 Å². The third kappa shape index (κ3) is 3.95. The summed E-state index contributed by atoms with van der Waals surface area (Å²) in [6, 6.07) is 7.31. The second-order valence-corrected chi connectivity index (χ2v) is 3.04. The van der Waals surface area contributed by atoms with Crippen molar-refractivity contribution >= 4 is 5.97 Å². The van der Waals surface area contributed by atoms with Crippen LogP contribution in [0.4, 0.5) is 0 Å². The number of benzene rings is 1. The van der Waals surface area contributed by atoms with E-state index >= 15 is 0 Å². The molecule has 0 aliphatic heterocycles. The molecule has 0 unspecified atom stereocenters. The molecule has 0 heterocycles. The molecule has 0 amide bonds. The van der Waals surface area contributed by atoms with Crippen molar-refractivity contribution in [2.75, 3.05) is 13.7 Å². The van der Waals surface area contributed by atoms with E-state index in [0.717, 1.165) is 12.0 Å². The molecule has 1 aromatic rings. The minimum atomic E-state index is -0.394. The molecule has 1 rings (SSSR count). The van der Waals surface area contributed by atoms with E-state index in [1.165, 1.54) is 7.11 Å². The van der Waals surface area contributed by atoms with Crippen molar-refractivity contribution < 1.29 is 14.3 Å².